The van der Waals surface area contributed by atoms with Crippen LogP contribution in [0.2, 0.25) is 0 Å². The Labute approximate surface area is 214 Å². The van der Waals surface area contributed by atoms with Crippen molar-refractivity contribution in [3.8, 4) is 5.75 Å². The molecule has 2 aromatic carbocycles. The molecule has 4 aromatic rings. The Balaban J connectivity index is 1.36. The molecule has 37 heavy (non-hydrogen) atoms. The maximum Gasteiger partial charge on any atom is 0.290 e. The van der Waals surface area contributed by atoms with Crippen LogP contribution in [0.4, 0.5) is 0 Å². The third-order valence-electron chi connectivity index (χ3n) is 6.31. The molecule has 0 saturated carbocycles. The molecule has 0 aliphatic carbocycles. The highest BCUT2D eigenvalue weighted by Gasteiger charge is 2.34. The molecule has 2 amide bonds. The summed E-state index contributed by atoms with van der Waals surface area (Å²) in [5.41, 5.74) is 3.18. The van der Waals surface area contributed by atoms with Gasteiger partial charge in [-0.25, -0.2) is 0 Å². The number of benzene rings is 2. The average Bonchev–Trinajstić information content (AvgIpc) is 3.64. The van der Waals surface area contributed by atoms with Crippen molar-refractivity contribution in [1.29, 1.82) is 0 Å². The van der Waals surface area contributed by atoms with Gasteiger partial charge in [0.1, 0.15) is 18.1 Å². The molecular weight excluding hydrogens is 472 g/mol. The van der Waals surface area contributed by atoms with Gasteiger partial charge < -0.3 is 28.5 Å². The fourth-order valence-electron chi connectivity index (χ4n) is 4.52. The van der Waals surface area contributed by atoms with Gasteiger partial charge in [-0.2, -0.15) is 0 Å². The van der Waals surface area contributed by atoms with E-state index in [0.29, 0.717) is 37.0 Å². The number of ether oxygens (including phenoxy) is 2. The highest BCUT2D eigenvalue weighted by atomic mass is 16.5. The number of fused-ring (bicyclic) bond motifs is 1. The molecule has 1 atom stereocenters. The minimum Gasteiger partial charge on any atom is -0.486 e. The summed E-state index contributed by atoms with van der Waals surface area (Å²) in [6.45, 7) is 1.57. The lowest BCUT2D eigenvalue weighted by molar-refractivity contribution is 0.0661. The van der Waals surface area contributed by atoms with E-state index in [1.165, 1.54) is 6.26 Å². The van der Waals surface area contributed by atoms with E-state index in [1.54, 1.807) is 31.4 Å². The van der Waals surface area contributed by atoms with Gasteiger partial charge in [0.15, 0.2) is 11.5 Å². The summed E-state index contributed by atoms with van der Waals surface area (Å²) < 4.78 is 22.0. The van der Waals surface area contributed by atoms with Crippen LogP contribution in [0.3, 0.4) is 0 Å². The molecule has 1 aliphatic rings. The van der Waals surface area contributed by atoms with Crippen LogP contribution in [-0.4, -0.2) is 43.5 Å². The molecule has 190 valence electrons. The van der Waals surface area contributed by atoms with E-state index < -0.39 is 0 Å². The largest absolute Gasteiger partial charge is 0.486 e. The molecule has 0 spiro atoms. The summed E-state index contributed by atoms with van der Waals surface area (Å²) in [5, 5.41) is 2.73. The van der Waals surface area contributed by atoms with Crippen molar-refractivity contribution in [3.63, 3.8) is 0 Å². The van der Waals surface area contributed by atoms with E-state index in [0.717, 1.165) is 23.1 Å². The molecule has 3 heterocycles. The molecule has 8 nitrogen and oxygen atoms in total. The fraction of sp³-hybridized carbons (Fsp3) is 0.241. The molecular formula is C29H28N2O6. The Hall–Kier alpha value is -4.30. The second-order valence-electron chi connectivity index (χ2n) is 8.70. The first kappa shape index (κ1) is 24.4. The zero-order chi connectivity index (χ0) is 25.6. The minimum atomic E-state index is -0.302. The summed E-state index contributed by atoms with van der Waals surface area (Å²) >= 11 is 0. The van der Waals surface area contributed by atoms with Gasteiger partial charge in [-0.15, -0.1) is 0 Å². The number of carbonyl (C=O) groups is 2. The average molecular weight is 501 g/mol. The molecule has 1 unspecified atom stereocenters. The van der Waals surface area contributed by atoms with Crippen LogP contribution in [-0.2, 0) is 17.8 Å². The summed E-state index contributed by atoms with van der Waals surface area (Å²) in [4.78, 5) is 27.4. The van der Waals surface area contributed by atoms with Crippen LogP contribution in [0.15, 0.2) is 87.9 Å². The lowest BCUT2D eigenvalue weighted by Gasteiger charge is -2.37. The predicted octanol–water partition coefficient (Wildman–Crippen LogP) is 4.62. The van der Waals surface area contributed by atoms with Gasteiger partial charge in [0.2, 0.25) is 0 Å². The number of nitrogens with zero attached hydrogens (tertiary/aromatic N) is 1. The van der Waals surface area contributed by atoms with E-state index in [4.69, 9.17) is 18.3 Å². The molecule has 0 saturated heterocycles. The molecule has 8 heteroatoms. The topological polar surface area (TPSA) is 94.2 Å². The van der Waals surface area contributed by atoms with Gasteiger partial charge in [0, 0.05) is 20.2 Å². The van der Waals surface area contributed by atoms with Crippen LogP contribution in [0.1, 0.15) is 49.6 Å². The first-order valence-electron chi connectivity index (χ1n) is 12.1. The van der Waals surface area contributed by atoms with Gasteiger partial charge >= 0.3 is 0 Å². The smallest absolute Gasteiger partial charge is 0.290 e. The van der Waals surface area contributed by atoms with Gasteiger partial charge in [0.05, 0.1) is 18.9 Å². The maximum absolute atomic E-state index is 13.3. The van der Waals surface area contributed by atoms with Crippen LogP contribution >= 0.6 is 0 Å². The Morgan fingerprint density at radius 2 is 1.89 bits per heavy atom. The zero-order valence-electron chi connectivity index (χ0n) is 20.5. The summed E-state index contributed by atoms with van der Waals surface area (Å²) in [5.74, 6) is 1.26. The van der Waals surface area contributed by atoms with Gasteiger partial charge in [-0.3, -0.25) is 9.59 Å². The molecule has 0 bridgehead atoms. The quantitative estimate of drug-likeness (QED) is 0.337. The maximum atomic E-state index is 13.3. The van der Waals surface area contributed by atoms with Crippen LogP contribution < -0.4 is 10.1 Å². The normalized spacial score (nSPS) is 14.7. The third-order valence-corrected chi connectivity index (χ3v) is 6.31. The number of nitrogens with one attached hydrogen (secondary N) is 1. The molecule has 0 radical (unpaired) electrons. The Bertz CT molecular complexity index is 1350. The van der Waals surface area contributed by atoms with Crippen LogP contribution in [0.25, 0.3) is 0 Å². The Morgan fingerprint density at radius 3 is 2.68 bits per heavy atom. The lowest BCUT2D eigenvalue weighted by atomic mass is 9.87. The second kappa shape index (κ2) is 11.2. The molecule has 2 aromatic heterocycles. The molecule has 0 fully saturated rings. The van der Waals surface area contributed by atoms with E-state index in [1.807, 2.05) is 53.4 Å². The van der Waals surface area contributed by atoms with Crippen LogP contribution in [0, 0.1) is 0 Å². The standard InChI is InChI=1S/C29H28N2O6/c1-34-17-14-30-28(32)25-12-11-23(37-25)19-36-22-10-9-20-13-15-31(29(33)26-8-5-16-35-26)27(24(20)18-22)21-6-3-2-4-7-21/h2-12,16,18,27H,13-15,17,19H2,1H3,(H,30,32). The van der Waals surface area contributed by atoms with Crippen molar-refractivity contribution in [2.24, 2.45) is 0 Å². The fourth-order valence-corrected chi connectivity index (χ4v) is 4.52. The number of hydrogen-bond acceptors (Lipinski definition) is 6. The molecule has 1 aliphatic heterocycles. The molecule has 5 rings (SSSR count). The van der Waals surface area contributed by atoms with E-state index in [2.05, 4.69) is 5.32 Å². The second-order valence-corrected chi connectivity index (χ2v) is 8.70. The summed E-state index contributed by atoms with van der Waals surface area (Å²) in [6.07, 6.45) is 2.24. The van der Waals surface area contributed by atoms with Crippen molar-refractivity contribution < 1.29 is 27.9 Å². The minimum absolute atomic E-state index is 0.150. The van der Waals surface area contributed by atoms with Gasteiger partial charge in [-0.05, 0) is 59.5 Å². The van der Waals surface area contributed by atoms with E-state index in [-0.39, 0.29) is 30.2 Å². The lowest BCUT2D eigenvalue weighted by Crippen LogP contribution is -2.40. The van der Waals surface area contributed by atoms with Crippen molar-refractivity contribution >= 4 is 11.8 Å². The van der Waals surface area contributed by atoms with Crippen LogP contribution in [0.5, 0.6) is 5.75 Å². The van der Waals surface area contributed by atoms with E-state index in [9.17, 15) is 9.59 Å². The third kappa shape index (κ3) is 5.44. The summed E-state index contributed by atoms with van der Waals surface area (Å²) in [7, 11) is 1.58. The number of rotatable bonds is 9. The van der Waals surface area contributed by atoms with E-state index >= 15 is 0 Å². The molecule has 1 N–H and O–H groups in total. The first-order valence-corrected chi connectivity index (χ1v) is 12.1. The van der Waals surface area contributed by atoms with Crippen molar-refractivity contribution in [2.45, 2.75) is 19.1 Å². The number of amides is 2. The van der Waals surface area contributed by atoms with Crippen molar-refractivity contribution in [1.82, 2.24) is 10.2 Å². The predicted molar refractivity (Wildman–Crippen MR) is 135 cm³/mol. The van der Waals surface area contributed by atoms with Crippen molar-refractivity contribution in [2.75, 3.05) is 26.8 Å². The first-order chi connectivity index (χ1) is 18.1. The summed E-state index contributed by atoms with van der Waals surface area (Å²) in [6, 6.07) is 22.4. The number of hydrogen-bond donors (Lipinski definition) is 1. The number of carbonyl (C=O) groups excluding carboxylic acids is 2. The Morgan fingerprint density at radius 1 is 1.03 bits per heavy atom. The van der Waals surface area contributed by atoms with Gasteiger partial charge in [-0.1, -0.05) is 36.4 Å². The van der Waals surface area contributed by atoms with Gasteiger partial charge in [0.25, 0.3) is 11.8 Å². The monoisotopic (exact) mass is 500 g/mol. The van der Waals surface area contributed by atoms with Crippen molar-refractivity contribution in [3.05, 3.63) is 113 Å². The zero-order valence-corrected chi connectivity index (χ0v) is 20.5. The Kier molecular flexibility index (Phi) is 7.37. The highest BCUT2D eigenvalue weighted by Crippen LogP contribution is 2.38. The number of methoxy groups -OCH3 is 1. The highest BCUT2D eigenvalue weighted by molar-refractivity contribution is 5.92. The number of furan rings is 2. The SMILES string of the molecule is COCCNC(=O)c1ccc(COc2ccc3c(c2)C(c2ccccc2)N(C(=O)c2ccco2)CC3)o1.